The summed E-state index contributed by atoms with van der Waals surface area (Å²) in [5.74, 6) is -1.60. The van der Waals surface area contributed by atoms with Crippen LogP contribution in [0.4, 0.5) is 0 Å². The largest absolute Gasteiger partial charge is 0.476 e. The number of carbonyl (C=O) groups excluding carboxylic acids is 1. The summed E-state index contributed by atoms with van der Waals surface area (Å²) in [6.07, 6.45) is 0.428. The second kappa shape index (κ2) is 8.78. The zero-order valence-electron chi connectivity index (χ0n) is 16.0. The van der Waals surface area contributed by atoms with Crippen molar-refractivity contribution in [2.45, 2.75) is 39.7 Å². The maximum absolute atomic E-state index is 12.9. The first-order valence-corrected chi connectivity index (χ1v) is 10.4. The Bertz CT molecular complexity index is 908. The maximum atomic E-state index is 12.9. The fourth-order valence-electron chi connectivity index (χ4n) is 2.73. The number of rotatable bonds is 7. The van der Waals surface area contributed by atoms with Crippen LogP contribution in [0, 0.1) is 0 Å². The lowest BCUT2D eigenvalue weighted by Crippen LogP contribution is -2.31. The number of thiazole rings is 1. The van der Waals surface area contributed by atoms with Crippen molar-refractivity contribution in [3.63, 3.8) is 0 Å². The van der Waals surface area contributed by atoms with Gasteiger partial charge in [0.25, 0.3) is 5.91 Å². The van der Waals surface area contributed by atoms with Crippen LogP contribution in [0.5, 0.6) is 0 Å². The maximum Gasteiger partial charge on any atom is 0.365 e. The molecule has 1 aromatic carbocycles. The highest BCUT2D eigenvalue weighted by molar-refractivity contribution is 7.17. The van der Waals surface area contributed by atoms with Crippen LogP contribution in [0.25, 0.3) is 10.4 Å². The Morgan fingerprint density at radius 2 is 1.79 bits per heavy atom. The molecule has 0 fully saturated rings. The van der Waals surface area contributed by atoms with Gasteiger partial charge in [-0.25, -0.2) is 9.78 Å². The Kier molecular flexibility index (Phi) is 7.09. The zero-order chi connectivity index (χ0) is 21.2. The highest BCUT2D eigenvalue weighted by Gasteiger charge is 2.30. The number of hydrogen-bond donors (Lipinski definition) is 2. The van der Waals surface area contributed by atoms with Crippen LogP contribution in [-0.4, -0.2) is 45.1 Å². The molecule has 0 radical (unpaired) electrons. The number of aromatic nitrogens is 1. The van der Waals surface area contributed by atoms with Crippen molar-refractivity contribution in [3.05, 3.63) is 38.4 Å². The molecule has 1 atom stereocenters. The molecule has 0 bridgehead atoms. The van der Waals surface area contributed by atoms with E-state index in [0.29, 0.717) is 35.5 Å². The monoisotopic (exact) mass is 444 g/mol. The highest BCUT2D eigenvalue weighted by Crippen LogP contribution is 2.43. The van der Waals surface area contributed by atoms with Crippen LogP contribution in [-0.2, 0) is 5.60 Å². The first-order chi connectivity index (χ1) is 13.1. The molecule has 1 aromatic heterocycles. The fourth-order valence-corrected chi connectivity index (χ4v) is 4.34. The Hall–Kier alpha value is -1.67. The molecule has 1 heterocycles. The number of aromatic carboxylic acids is 1. The number of amides is 1. The number of carboxylic acid groups (broad SMARTS) is 1. The quantitative estimate of drug-likeness (QED) is 0.632. The predicted octanol–water partition coefficient (Wildman–Crippen LogP) is 4.91. The summed E-state index contributed by atoms with van der Waals surface area (Å²) in [6, 6.07) is 3.27. The van der Waals surface area contributed by atoms with Gasteiger partial charge in [0, 0.05) is 24.2 Å². The topological polar surface area (TPSA) is 90.7 Å². The summed E-state index contributed by atoms with van der Waals surface area (Å²) in [5, 5.41) is 20.0. The van der Waals surface area contributed by atoms with E-state index in [-0.39, 0.29) is 26.7 Å². The molecule has 0 spiro atoms. The average Bonchev–Trinajstić information content (AvgIpc) is 3.10. The molecule has 2 aromatic rings. The summed E-state index contributed by atoms with van der Waals surface area (Å²) in [6.45, 7) is 8.03. The van der Waals surface area contributed by atoms with Crippen LogP contribution in [0.15, 0.2) is 12.1 Å². The third-order valence-corrected chi connectivity index (χ3v) is 6.62. The SMILES string of the molecule is CCN(CC)C(=O)c1nc(C(=O)O)sc1-c1ccc(C(C)(O)CC)c(Cl)c1Cl. The molecule has 2 rings (SSSR count). The van der Waals surface area contributed by atoms with E-state index in [2.05, 4.69) is 4.98 Å². The number of halogens is 2. The minimum absolute atomic E-state index is 0.0269. The third kappa shape index (κ3) is 4.17. The Labute approximate surface area is 177 Å². The van der Waals surface area contributed by atoms with E-state index >= 15 is 0 Å². The van der Waals surface area contributed by atoms with E-state index in [4.69, 9.17) is 23.2 Å². The van der Waals surface area contributed by atoms with Gasteiger partial charge in [0.15, 0.2) is 0 Å². The van der Waals surface area contributed by atoms with Gasteiger partial charge in [0.2, 0.25) is 5.01 Å². The molecule has 28 heavy (non-hydrogen) atoms. The molecule has 1 amide bonds. The first-order valence-electron chi connectivity index (χ1n) is 8.83. The minimum Gasteiger partial charge on any atom is -0.476 e. The summed E-state index contributed by atoms with van der Waals surface area (Å²) < 4.78 is 0. The fraction of sp³-hybridized carbons (Fsp3) is 0.421. The number of hydrogen-bond acceptors (Lipinski definition) is 5. The number of carbonyl (C=O) groups is 2. The predicted molar refractivity (Wildman–Crippen MR) is 112 cm³/mol. The van der Waals surface area contributed by atoms with E-state index in [1.807, 2.05) is 20.8 Å². The normalized spacial score (nSPS) is 13.2. The van der Waals surface area contributed by atoms with Crippen molar-refractivity contribution >= 4 is 46.4 Å². The molecule has 6 nitrogen and oxygen atoms in total. The van der Waals surface area contributed by atoms with Gasteiger partial charge in [-0.15, -0.1) is 11.3 Å². The van der Waals surface area contributed by atoms with Gasteiger partial charge in [-0.1, -0.05) is 42.3 Å². The molecule has 152 valence electrons. The van der Waals surface area contributed by atoms with Crippen molar-refractivity contribution in [2.75, 3.05) is 13.1 Å². The Balaban J connectivity index is 2.69. The molecular formula is C19H22Cl2N2O4S. The molecule has 0 saturated heterocycles. The molecule has 0 aliphatic heterocycles. The van der Waals surface area contributed by atoms with Crippen molar-refractivity contribution in [1.29, 1.82) is 0 Å². The van der Waals surface area contributed by atoms with Gasteiger partial charge in [0.1, 0.15) is 5.69 Å². The Morgan fingerprint density at radius 3 is 2.29 bits per heavy atom. The molecule has 0 saturated carbocycles. The molecule has 0 aliphatic carbocycles. The van der Waals surface area contributed by atoms with Crippen molar-refractivity contribution in [1.82, 2.24) is 9.88 Å². The molecule has 9 heteroatoms. The lowest BCUT2D eigenvalue weighted by Gasteiger charge is -2.24. The summed E-state index contributed by atoms with van der Waals surface area (Å²) >= 11 is 13.7. The summed E-state index contributed by atoms with van der Waals surface area (Å²) in [4.78, 5) is 30.2. The summed E-state index contributed by atoms with van der Waals surface area (Å²) in [5.41, 5.74) is -0.272. The first kappa shape index (κ1) is 22.6. The van der Waals surface area contributed by atoms with Gasteiger partial charge in [-0.05, 0) is 27.2 Å². The highest BCUT2D eigenvalue weighted by atomic mass is 35.5. The van der Waals surface area contributed by atoms with E-state index in [1.165, 1.54) is 0 Å². The lowest BCUT2D eigenvalue weighted by atomic mass is 9.92. The smallest absolute Gasteiger partial charge is 0.365 e. The Morgan fingerprint density at radius 1 is 1.18 bits per heavy atom. The van der Waals surface area contributed by atoms with Crippen molar-refractivity contribution in [3.8, 4) is 10.4 Å². The second-order valence-corrected chi connectivity index (χ2v) is 8.15. The third-order valence-electron chi connectivity index (χ3n) is 4.66. The lowest BCUT2D eigenvalue weighted by molar-refractivity contribution is 0.0532. The van der Waals surface area contributed by atoms with Gasteiger partial charge in [-0.2, -0.15) is 0 Å². The van der Waals surface area contributed by atoms with Crippen LogP contribution in [0.3, 0.4) is 0 Å². The molecule has 0 aliphatic rings. The number of nitrogens with zero attached hydrogens (tertiary/aromatic N) is 2. The van der Waals surface area contributed by atoms with Crippen LogP contribution < -0.4 is 0 Å². The van der Waals surface area contributed by atoms with E-state index in [9.17, 15) is 19.8 Å². The van der Waals surface area contributed by atoms with Gasteiger partial charge in [-0.3, -0.25) is 4.79 Å². The van der Waals surface area contributed by atoms with E-state index in [0.717, 1.165) is 11.3 Å². The van der Waals surface area contributed by atoms with Crippen LogP contribution >= 0.6 is 34.5 Å². The summed E-state index contributed by atoms with van der Waals surface area (Å²) in [7, 11) is 0. The number of carboxylic acids is 1. The van der Waals surface area contributed by atoms with Crippen LogP contribution in [0.1, 0.15) is 60.0 Å². The number of benzene rings is 1. The van der Waals surface area contributed by atoms with Crippen molar-refractivity contribution < 1.29 is 19.8 Å². The average molecular weight is 445 g/mol. The molecular weight excluding hydrogens is 423 g/mol. The van der Waals surface area contributed by atoms with Crippen LogP contribution in [0.2, 0.25) is 10.0 Å². The number of aliphatic hydroxyl groups is 1. The van der Waals surface area contributed by atoms with Gasteiger partial charge < -0.3 is 15.1 Å². The van der Waals surface area contributed by atoms with Crippen molar-refractivity contribution in [2.24, 2.45) is 0 Å². The standard InChI is InChI=1S/C19H22Cl2N2O4S/c1-5-19(4,27)11-9-8-10(12(20)13(11)21)15-14(17(24)23(6-2)7-3)22-16(28-15)18(25)26/h8-9,27H,5-7H2,1-4H3,(H,25,26). The zero-order valence-corrected chi connectivity index (χ0v) is 18.4. The van der Waals surface area contributed by atoms with E-state index in [1.54, 1.807) is 24.0 Å². The van der Waals surface area contributed by atoms with E-state index < -0.39 is 11.6 Å². The second-order valence-electron chi connectivity index (χ2n) is 6.40. The van der Waals surface area contributed by atoms with Gasteiger partial charge >= 0.3 is 5.97 Å². The molecule has 1 unspecified atom stereocenters. The minimum atomic E-state index is -1.22. The molecule has 2 N–H and O–H groups in total. The van der Waals surface area contributed by atoms with Gasteiger partial charge in [0.05, 0.1) is 20.5 Å².